The van der Waals surface area contributed by atoms with Crippen molar-refractivity contribution >= 4 is 17.9 Å². The van der Waals surface area contributed by atoms with E-state index in [0.717, 1.165) is 70.6 Å². The van der Waals surface area contributed by atoms with Gasteiger partial charge in [-0.25, -0.2) is 0 Å². The smallest absolute Gasteiger partial charge is 0.306 e. The fourth-order valence-electron chi connectivity index (χ4n) is 8.91. The monoisotopic (exact) mass is 943 g/mol. The highest BCUT2D eigenvalue weighted by molar-refractivity contribution is 5.71. The molecule has 0 saturated carbocycles. The minimum Gasteiger partial charge on any atom is -0.462 e. The molecule has 0 aromatic heterocycles. The van der Waals surface area contributed by atoms with Gasteiger partial charge in [0.1, 0.15) is 13.2 Å². The van der Waals surface area contributed by atoms with E-state index in [-0.39, 0.29) is 31.1 Å². The first-order valence-corrected chi connectivity index (χ1v) is 29.8. The van der Waals surface area contributed by atoms with Crippen LogP contribution < -0.4 is 0 Å². The molecule has 67 heavy (non-hydrogen) atoms. The Morgan fingerprint density at radius 2 is 0.493 bits per heavy atom. The van der Waals surface area contributed by atoms with Gasteiger partial charge in [0.25, 0.3) is 0 Å². The van der Waals surface area contributed by atoms with Crippen LogP contribution in [0.15, 0.2) is 24.3 Å². The number of hydrogen-bond acceptors (Lipinski definition) is 6. The second-order valence-electron chi connectivity index (χ2n) is 20.3. The predicted molar refractivity (Wildman–Crippen MR) is 289 cm³/mol. The first kappa shape index (κ1) is 64.9. The molecule has 0 aromatic carbocycles. The molecule has 1 unspecified atom stereocenters. The number of unbranched alkanes of at least 4 members (excludes halogenated alkanes) is 40. The van der Waals surface area contributed by atoms with Crippen LogP contribution in [0.4, 0.5) is 0 Å². The molecule has 0 amide bonds. The summed E-state index contributed by atoms with van der Waals surface area (Å²) < 4.78 is 16.9. The zero-order chi connectivity index (χ0) is 48.6. The van der Waals surface area contributed by atoms with Crippen LogP contribution in [-0.2, 0) is 28.6 Å². The van der Waals surface area contributed by atoms with E-state index in [9.17, 15) is 14.4 Å². The van der Waals surface area contributed by atoms with Crippen molar-refractivity contribution < 1.29 is 28.6 Å². The summed E-state index contributed by atoms with van der Waals surface area (Å²) in [6.45, 7) is 6.67. The molecule has 0 saturated heterocycles. The Bertz CT molecular complexity index is 1080. The molecule has 0 aromatic rings. The van der Waals surface area contributed by atoms with Gasteiger partial charge in [-0.15, -0.1) is 0 Å². The Kier molecular flexibility index (Phi) is 54.7. The molecular weight excluding hydrogens is 829 g/mol. The van der Waals surface area contributed by atoms with E-state index >= 15 is 0 Å². The van der Waals surface area contributed by atoms with Crippen molar-refractivity contribution in [3.8, 4) is 0 Å². The molecule has 0 rings (SSSR count). The Morgan fingerprint density at radius 3 is 0.746 bits per heavy atom. The summed E-state index contributed by atoms with van der Waals surface area (Å²) in [5, 5.41) is 0. The summed E-state index contributed by atoms with van der Waals surface area (Å²) in [7, 11) is 0. The number of hydrogen-bond donors (Lipinski definition) is 0. The summed E-state index contributed by atoms with van der Waals surface area (Å²) in [6, 6.07) is 0. The second kappa shape index (κ2) is 56.5. The SMILES string of the molecule is CCCCCCCC/C=C/CCCCCCCC(=O)OCC(COC(=O)CCCCCCCCCCCCCCCCCCCCC)OC(=O)CCCCCCC/C=C/CCCCCCCC. The summed E-state index contributed by atoms with van der Waals surface area (Å²) in [6.07, 6.45) is 66.0. The number of rotatable bonds is 55. The molecule has 0 radical (unpaired) electrons. The average Bonchev–Trinajstić information content (AvgIpc) is 3.33. The molecule has 0 heterocycles. The number of carbonyl (C=O) groups excluding carboxylic acids is 3. The van der Waals surface area contributed by atoms with Crippen LogP contribution in [0.25, 0.3) is 0 Å². The van der Waals surface area contributed by atoms with E-state index in [2.05, 4.69) is 45.1 Å². The largest absolute Gasteiger partial charge is 0.462 e. The first-order chi connectivity index (χ1) is 33.0. The van der Waals surface area contributed by atoms with Crippen LogP contribution in [0.3, 0.4) is 0 Å². The van der Waals surface area contributed by atoms with Crippen LogP contribution in [0.5, 0.6) is 0 Å². The Labute approximate surface area is 417 Å². The van der Waals surface area contributed by atoms with Crippen LogP contribution >= 0.6 is 0 Å². The summed E-state index contributed by atoms with van der Waals surface area (Å²) in [5.74, 6) is -0.868. The van der Waals surface area contributed by atoms with Gasteiger partial charge in [-0.2, -0.15) is 0 Å². The summed E-state index contributed by atoms with van der Waals surface area (Å²) in [4.78, 5) is 38.2. The molecule has 0 N–H and O–H groups in total. The third-order valence-electron chi connectivity index (χ3n) is 13.4. The Hall–Kier alpha value is -2.11. The lowest BCUT2D eigenvalue weighted by Gasteiger charge is -2.18. The zero-order valence-corrected chi connectivity index (χ0v) is 45.2. The van der Waals surface area contributed by atoms with E-state index in [0.29, 0.717) is 19.3 Å². The molecule has 6 heteroatoms. The van der Waals surface area contributed by atoms with Crippen molar-refractivity contribution in [2.45, 2.75) is 335 Å². The minimum atomic E-state index is -0.775. The average molecular weight is 944 g/mol. The Morgan fingerprint density at radius 1 is 0.284 bits per heavy atom. The van der Waals surface area contributed by atoms with Crippen molar-refractivity contribution in [3.63, 3.8) is 0 Å². The maximum absolute atomic E-state index is 12.8. The number of esters is 3. The van der Waals surface area contributed by atoms with E-state index in [1.165, 1.54) is 218 Å². The zero-order valence-electron chi connectivity index (χ0n) is 45.2. The van der Waals surface area contributed by atoms with Gasteiger partial charge < -0.3 is 14.2 Å². The van der Waals surface area contributed by atoms with Crippen molar-refractivity contribution in [1.82, 2.24) is 0 Å². The fourth-order valence-corrected chi connectivity index (χ4v) is 8.91. The van der Waals surface area contributed by atoms with Crippen molar-refractivity contribution in [2.24, 2.45) is 0 Å². The summed E-state index contributed by atoms with van der Waals surface area (Å²) >= 11 is 0. The van der Waals surface area contributed by atoms with Gasteiger partial charge in [-0.3, -0.25) is 14.4 Å². The molecule has 6 nitrogen and oxygen atoms in total. The standard InChI is InChI=1S/C61H114O6/c1-4-7-10-13-16-19-22-25-28-29-30-31-34-36-39-42-45-48-51-54-60(63)66-57-58(67-61(64)55-52-49-46-43-40-37-33-27-24-21-18-15-12-9-6-3)56-65-59(62)53-50-47-44-41-38-35-32-26-23-20-17-14-11-8-5-2/h26-27,32-33,58H,4-25,28-31,34-57H2,1-3H3/b32-26+,33-27+. The third kappa shape index (κ3) is 54.7. The van der Waals surface area contributed by atoms with Crippen LogP contribution in [0.2, 0.25) is 0 Å². The highest BCUT2D eigenvalue weighted by Gasteiger charge is 2.19. The first-order valence-electron chi connectivity index (χ1n) is 29.8. The number of carbonyl (C=O) groups is 3. The van der Waals surface area contributed by atoms with E-state index in [4.69, 9.17) is 14.2 Å². The van der Waals surface area contributed by atoms with Crippen molar-refractivity contribution in [2.75, 3.05) is 13.2 Å². The number of ether oxygens (including phenoxy) is 3. The van der Waals surface area contributed by atoms with Gasteiger partial charge in [0.05, 0.1) is 0 Å². The van der Waals surface area contributed by atoms with Gasteiger partial charge in [0, 0.05) is 19.3 Å². The van der Waals surface area contributed by atoms with Crippen LogP contribution in [0, 0.1) is 0 Å². The Balaban J connectivity index is 4.32. The lowest BCUT2D eigenvalue weighted by Crippen LogP contribution is -2.30. The third-order valence-corrected chi connectivity index (χ3v) is 13.4. The van der Waals surface area contributed by atoms with E-state index in [1.54, 1.807) is 0 Å². The van der Waals surface area contributed by atoms with Gasteiger partial charge in [-0.1, -0.05) is 263 Å². The topological polar surface area (TPSA) is 78.9 Å². The molecule has 0 fully saturated rings. The predicted octanol–water partition coefficient (Wildman–Crippen LogP) is 19.9. The molecule has 0 aliphatic rings. The maximum atomic E-state index is 12.8. The molecule has 0 bridgehead atoms. The van der Waals surface area contributed by atoms with E-state index in [1.807, 2.05) is 0 Å². The lowest BCUT2D eigenvalue weighted by molar-refractivity contribution is -0.167. The minimum absolute atomic E-state index is 0.0727. The van der Waals surface area contributed by atoms with Crippen molar-refractivity contribution in [1.29, 1.82) is 0 Å². The highest BCUT2D eigenvalue weighted by atomic mass is 16.6. The van der Waals surface area contributed by atoms with Gasteiger partial charge in [-0.05, 0) is 70.6 Å². The quantitative estimate of drug-likeness (QED) is 0.0262. The van der Waals surface area contributed by atoms with E-state index < -0.39 is 6.10 Å². The molecule has 0 aliphatic heterocycles. The van der Waals surface area contributed by atoms with Gasteiger partial charge >= 0.3 is 17.9 Å². The molecular formula is C61H114O6. The molecule has 1 atom stereocenters. The van der Waals surface area contributed by atoms with Crippen LogP contribution in [-0.4, -0.2) is 37.2 Å². The lowest BCUT2D eigenvalue weighted by atomic mass is 10.0. The van der Waals surface area contributed by atoms with Crippen molar-refractivity contribution in [3.05, 3.63) is 24.3 Å². The fraction of sp³-hybridized carbons (Fsp3) is 0.885. The highest BCUT2D eigenvalue weighted by Crippen LogP contribution is 2.17. The maximum Gasteiger partial charge on any atom is 0.306 e. The molecule has 0 aliphatic carbocycles. The summed E-state index contributed by atoms with van der Waals surface area (Å²) in [5.41, 5.74) is 0. The molecule has 394 valence electrons. The normalized spacial score (nSPS) is 12.1. The van der Waals surface area contributed by atoms with Gasteiger partial charge in [0.15, 0.2) is 6.10 Å². The molecule has 0 spiro atoms. The van der Waals surface area contributed by atoms with Crippen LogP contribution in [0.1, 0.15) is 329 Å². The van der Waals surface area contributed by atoms with Gasteiger partial charge in [0.2, 0.25) is 0 Å². The second-order valence-corrected chi connectivity index (χ2v) is 20.3. The number of allylic oxidation sites excluding steroid dienone is 4.